The number of ether oxygens (including phenoxy) is 1. The van der Waals surface area contributed by atoms with Crippen molar-refractivity contribution in [1.82, 2.24) is 0 Å². The largest absolute Gasteiger partial charge is 0.384 e. The Bertz CT molecular complexity index is 659. The van der Waals surface area contributed by atoms with Gasteiger partial charge in [-0.3, -0.25) is 4.79 Å². The van der Waals surface area contributed by atoms with E-state index in [2.05, 4.69) is 10.6 Å². The van der Waals surface area contributed by atoms with Gasteiger partial charge < -0.3 is 21.1 Å². The van der Waals surface area contributed by atoms with Crippen LogP contribution < -0.4 is 16.4 Å². The lowest BCUT2D eigenvalue weighted by atomic mass is 10.2. The van der Waals surface area contributed by atoms with Crippen molar-refractivity contribution in [3.8, 4) is 0 Å². The van der Waals surface area contributed by atoms with Gasteiger partial charge >= 0.3 is 5.76 Å². The fraction of sp³-hybridized carbons (Fsp3) is 0.462. The highest BCUT2D eigenvalue weighted by molar-refractivity contribution is 7.91. The first kappa shape index (κ1) is 22.5. The van der Waals surface area contributed by atoms with Gasteiger partial charge in [-0.1, -0.05) is 0 Å². The summed E-state index contributed by atoms with van der Waals surface area (Å²) in [4.78, 5) is 11.3. The van der Waals surface area contributed by atoms with Gasteiger partial charge in [0.2, 0.25) is 15.7 Å². The summed E-state index contributed by atoms with van der Waals surface area (Å²) < 4.78 is 53.1. The zero-order valence-electron chi connectivity index (χ0n) is 13.1. The van der Waals surface area contributed by atoms with Crippen LogP contribution in [0.2, 0.25) is 0 Å². The number of amides is 1. The van der Waals surface area contributed by atoms with E-state index in [4.69, 9.17) is 10.5 Å². The number of nitrogens with one attached hydrogen (secondary N) is 2. The smallest absolute Gasteiger partial charge is 0.341 e. The van der Waals surface area contributed by atoms with E-state index in [1.165, 1.54) is 13.2 Å². The van der Waals surface area contributed by atoms with Crippen LogP contribution in [0.5, 0.6) is 0 Å². The van der Waals surface area contributed by atoms with Crippen molar-refractivity contribution in [2.24, 2.45) is 5.73 Å². The normalized spacial score (nSPS) is 12.4. The number of alkyl halides is 2. The first-order chi connectivity index (χ1) is 10.7. The van der Waals surface area contributed by atoms with Gasteiger partial charge in [-0.2, -0.15) is 8.78 Å². The lowest BCUT2D eigenvalue weighted by Gasteiger charge is -2.16. The maximum Gasteiger partial charge on any atom is 0.341 e. The molecule has 0 aliphatic rings. The number of hydrogen-bond acceptors (Lipinski definition) is 6. The van der Waals surface area contributed by atoms with Gasteiger partial charge in [-0.15, -0.1) is 12.4 Å². The van der Waals surface area contributed by atoms with Gasteiger partial charge in [-0.25, -0.2) is 8.42 Å². The molecular formula is C13H20ClF2N3O4S. The number of sulfone groups is 1. The molecule has 0 aliphatic heterocycles. The summed E-state index contributed by atoms with van der Waals surface area (Å²) in [6, 6.07) is 2.34. The van der Waals surface area contributed by atoms with Gasteiger partial charge in [0, 0.05) is 13.7 Å². The van der Waals surface area contributed by atoms with Crippen LogP contribution >= 0.6 is 12.4 Å². The first-order valence-electron chi connectivity index (χ1n) is 6.69. The molecule has 0 saturated heterocycles. The molecule has 4 N–H and O–H groups in total. The number of benzene rings is 1. The molecule has 7 nitrogen and oxygen atoms in total. The fourth-order valence-electron chi connectivity index (χ4n) is 1.73. The summed E-state index contributed by atoms with van der Waals surface area (Å²) in [5.74, 6) is -4.18. The van der Waals surface area contributed by atoms with E-state index in [0.29, 0.717) is 12.2 Å². The summed E-state index contributed by atoms with van der Waals surface area (Å²) in [6.45, 7) is 2.22. The van der Waals surface area contributed by atoms with E-state index < -0.39 is 32.4 Å². The lowest BCUT2D eigenvalue weighted by molar-refractivity contribution is -0.118. The van der Waals surface area contributed by atoms with E-state index in [1.807, 2.05) is 0 Å². The van der Waals surface area contributed by atoms with Crippen molar-refractivity contribution in [3.05, 3.63) is 18.2 Å². The second kappa shape index (κ2) is 9.72. The number of nitrogens with two attached hydrogens (primary N) is 1. The topological polar surface area (TPSA) is 111 Å². The molecule has 24 heavy (non-hydrogen) atoms. The number of hydrogen-bond donors (Lipinski definition) is 3. The van der Waals surface area contributed by atoms with Crippen LogP contribution in [0.15, 0.2) is 23.1 Å². The molecule has 0 aliphatic carbocycles. The minimum atomic E-state index is -4.77. The molecule has 0 aromatic heterocycles. The highest BCUT2D eigenvalue weighted by Gasteiger charge is 2.27. The van der Waals surface area contributed by atoms with Crippen LogP contribution in [0.25, 0.3) is 0 Å². The average Bonchev–Trinajstić information content (AvgIpc) is 2.49. The molecule has 1 rings (SSSR count). The zero-order chi connectivity index (χ0) is 17.6. The Balaban J connectivity index is 0.00000529. The van der Waals surface area contributed by atoms with E-state index in [-0.39, 0.29) is 24.7 Å². The monoisotopic (exact) mass is 387 g/mol. The minimum Gasteiger partial charge on any atom is -0.384 e. The molecule has 1 amide bonds. The van der Waals surface area contributed by atoms with Crippen molar-refractivity contribution in [1.29, 1.82) is 0 Å². The van der Waals surface area contributed by atoms with Crippen LogP contribution in [-0.2, 0) is 19.4 Å². The van der Waals surface area contributed by atoms with Crippen LogP contribution in [0.1, 0.15) is 6.92 Å². The second-order valence-corrected chi connectivity index (χ2v) is 6.51. The third-order valence-corrected chi connectivity index (χ3v) is 4.24. The van der Waals surface area contributed by atoms with Gasteiger partial charge in [0.1, 0.15) is 6.04 Å². The summed E-state index contributed by atoms with van der Waals surface area (Å²) in [6.07, 6.45) is 0. The summed E-state index contributed by atoms with van der Waals surface area (Å²) in [7, 11) is -3.40. The van der Waals surface area contributed by atoms with Crippen LogP contribution in [0.3, 0.4) is 0 Å². The van der Waals surface area contributed by atoms with E-state index in [0.717, 1.165) is 12.1 Å². The molecule has 0 fully saturated rings. The van der Waals surface area contributed by atoms with E-state index >= 15 is 0 Å². The number of anilines is 2. The Hall–Kier alpha value is -1.49. The number of methoxy groups -OCH3 is 1. The molecule has 1 aromatic carbocycles. The van der Waals surface area contributed by atoms with Gasteiger partial charge in [0.05, 0.1) is 22.9 Å². The van der Waals surface area contributed by atoms with Crippen molar-refractivity contribution in [2.45, 2.75) is 23.6 Å². The third-order valence-electron chi connectivity index (χ3n) is 2.86. The average molecular weight is 388 g/mol. The minimum absolute atomic E-state index is 0. The SMILES string of the molecule is CCNc1ccc(S(=O)(=O)C(F)F)cc1NC(=O)C(N)COC.Cl. The molecule has 1 unspecified atom stereocenters. The predicted molar refractivity (Wildman–Crippen MR) is 89.5 cm³/mol. The molecule has 11 heteroatoms. The highest BCUT2D eigenvalue weighted by atomic mass is 35.5. The Morgan fingerprint density at radius 1 is 1.33 bits per heavy atom. The van der Waals surface area contributed by atoms with Crippen LogP contribution in [-0.4, -0.2) is 46.4 Å². The second-order valence-electron chi connectivity index (χ2n) is 4.59. The summed E-state index contributed by atoms with van der Waals surface area (Å²) >= 11 is 0. The molecule has 0 bridgehead atoms. The van der Waals surface area contributed by atoms with Crippen LogP contribution in [0.4, 0.5) is 20.2 Å². The summed E-state index contributed by atoms with van der Waals surface area (Å²) in [5.41, 5.74) is 6.01. The van der Waals surface area contributed by atoms with Gasteiger partial charge in [-0.05, 0) is 25.1 Å². The Kier molecular flexibility index (Phi) is 9.12. The number of rotatable bonds is 8. The van der Waals surface area contributed by atoms with Crippen molar-refractivity contribution >= 4 is 39.5 Å². The van der Waals surface area contributed by atoms with E-state index in [1.54, 1.807) is 6.92 Å². The maximum atomic E-state index is 12.6. The molecule has 1 aromatic rings. The van der Waals surface area contributed by atoms with Gasteiger partial charge in [0.25, 0.3) is 0 Å². The summed E-state index contributed by atoms with van der Waals surface area (Å²) in [5, 5.41) is 5.31. The first-order valence-corrected chi connectivity index (χ1v) is 8.24. The molecular weight excluding hydrogens is 368 g/mol. The number of carbonyl (C=O) groups excluding carboxylic acids is 1. The number of halogens is 3. The van der Waals surface area contributed by atoms with Crippen molar-refractivity contribution < 1.29 is 26.7 Å². The molecule has 0 heterocycles. The van der Waals surface area contributed by atoms with Crippen molar-refractivity contribution in [3.63, 3.8) is 0 Å². The Labute approximate surface area is 145 Å². The fourth-order valence-corrected chi connectivity index (χ4v) is 2.48. The predicted octanol–water partition coefficient (Wildman–Crippen LogP) is 1.45. The molecule has 138 valence electrons. The highest BCUT2D eigenvalue weighted by Crippen LogP contribution is 2.28. The molecule has 0 spiro atoms. The quantitative estimate of drug-likeness (QED) is 0.622. The molecule has 0 saturated carbocycles. The standard InChI is InChI=1S/C13H19F2N3O4S.ClH/c1-3-17-10-5-4-8(23(20,21)13(14)15)6-11(10)18-12(19)9(16)7-22-2;/h4-6,9,13,17H,3,7,16H2,1-2H3,(H,18,19);1H. The Morgan fingerprint density at radius 2 is 1.96 bits per heavy atom. The molecule has 0 radical (unpaired) electrons. The van der Waals surface area contributed by atoms with Crippen LogP contribution in [0, 0.1) is 0 Å². The maximum absolute atomic E-state index is 12.6. The lowest BCUT2D eigenvalue weighted by Crippen LogP contribution is -2.39. The van der Waals surface area contributed by atoms with E-state index in [9.17, 15) is 22.0 Å². The number of carbonyl (C=O) groups is 1. The van der Waals surface area contributed by atoms with Crippen molar-refractivity contribution in [2.75, 3.05) is 30.9 Å². The Morgan fingerprint density at radius 3 is 2.46 bits per heavy atom. The van der Waals surface area contributed by atoms with Gasteiger partial charge in [0.15, 0.2) is 0 Å². The molecule has 1 atom stereocenters. The third kappa shape index (κ3) is 5.55. The zero-order valence-corrected chi connectivity index (χ0v) is 14.7.